The molecule has 7 nitrogen and oxygen atoms in total. The minimum atomic E-state index is -0.334. The van der Waals surface area contributed by atoms with E-state index >= 15 is 0 Å². The van der Waals surface area contributed by atoms with Crippen molar-refractivity contribution < 1.29 is 24.0 Å². The number of nitrogens with zero attached hydrogens (tertiary/aromatic N) is 1. The maximum absolute atomic E-state index is 12.5. The van der Waals surface area contributed by atoms with Gasteiger partial charge in [0, 0.05) is 23.7 Å². The highest BCUT2D eigenvalue weighted by Gasteiger charge is 2.30. The monoisotopic (exact) mass is 412 g/mol. The van der Waals surface area contributed by atoms with E-state index in [-0.39, 0.29) is 36.1 Å². The highest BCUT2D eigenvalue weighted by atomic mass is 32.2. The Labute approximate surface area is 168 Å². The van der Waals surface area contributed by atoms with Gasteiger partial charge in [0.25, 0.3) is 11.8 Å². The highest BCUT2D eigenvalue weighted by Crippen LogP contribution is 2.24. The molecule has 2 N–H and O–H groups in total. The van der Waals surface area contributed by atoms with Gasteiger partial charge >= 0.3 is 5.97 Å². The van der Waals surface area contributed by atoms with Gasteiger partial charge < -0.3 is 19.9 Å². The Morgan fingerprint density at radius 1 is 1.33 bits per heavy atom. The molecule has 148 valence electrons. The van der Waals surface area contributed by atoms with Crippen molar-refractivity contribution in [3.63, 3.8) is 0 Å². The lowest BCUT2D eigenvalue weighted by molar-refractivity contribution is -0.862. The van der Waals surface area contributed by atoms with E-state index in [1.54, 1.807) is 16.7 Å². The van der Waals surface area contributed by atoms with Gasteiger partial charge in [-0.05, 0) is 18.4 Å². The second-order valence-corrected chi connectivity index (χ2v) is 8.44. The Morgan fingerprint density at radius 2 is 2.07 bits per heavy atom. The summed E-state index contributed by atoms with van der Waals surface area (Å²) in [6.45, 7) is 1.36. The molecule has 0 bridgehead atoms. The van der Waals surface area contributed by atoms with E-state index in [1.807, 2.05) is 37.6 Å². The van der Waals surface area contributed by atoms with Crippen molar-refractivity contribution in [2.45, 2.75) is 10.1 Å². The van der Waals surface area contributed by atoms with Crippen LogP contribution in [0.4, 0.5) is 5.69 Å². The number of methoxy groups -OCH3 is 1. The number of rotatable bonds is 7. The maximum atomic E-state index is 12.5. The first kappa shape index (κ1) is 21.6. The fourth-order valence-corrected chi connectivity index (χ4v) is 4.48. The molecule has 0 radical (unpaired) electrons. The number of carbonyl (C=O) groups excluding carboxylic acids is 3. The summed E-state index contributed by atoms with van der Waals surface area (Å²) < 4.78 is 4.77. The fraction of sp³-hybridized carbons (Fsp3) is 0.500. The van der Waals surface area contributed by atoms with E-state index in [0.29, 0.717) is 18.8 Å². The molecule has 2 atom stereocenters. The van der Waals surface area contributed by atoms with Crippen molar-refractivity contribution in [1.82, 2.24) is 4.90 Å². The van der Waals surface area contributed by atoms with Gasteiger partial charge in [-0.25, -0.2) is 0 Å². The van der Waals surface area contributed by atoms with Gasteiger partial charge in [0.2, 0.25) is 0 Å². The van der Waals surface area contributed by atoms with Gasteiger partial charge in [-0.2, -0.15) is 0 Å². The van der Waals surface area contributed by atoms with Crippen LogP contribution in [0.25, 0.3) is 0 Å². The van der Waals surface area contributed by atoms with Crippen LogP contribution in [-0.2, 0) is 19.1 Å². The van der Waals surface area contributed by atoms with Gasteiger partial charge in [0.05, 0.1) is 19.8 Å². The van der Waals surface area contributed by atoms with Crippen LogP contribution in [0.15, 0.2) is 29.2 Å². The van der Waals surface area contributed by atoms with Gasteiger partial charge in [-0.1, -0.05) is 12.1 Å². The summed E-state index contributed by atoms with van der Waals surface area (Å²) in [7, 11) is 3.17. The molecule has 1 aliphatic heterocycles. The normalized spacial score (nSPS) is 17.9. The Morgan fingerprint density at radius 3 is 2.78 bits per heavy atom. The number of esters is 1. The third-order valence-electron chi connectivity index (χ3n) is 4.18. The lowest BCUT2D eigenvalue weighted by Gasteiger charge is -2.31. The topological polar surface area (TPSA) is 80.2 Å². The Balaban J connectivity index is 1.83. The fourth-order valence-electron chi connectivity index (χ4n) is 2.80. The van der Waals surface area contributed by atoms with E-state index in [9.17, 15) is 14.4 Å². The van der Waals surface area contributed by atoms with Crippen molar-refractivity contribution in [2.75, 3.05) is 57.7 Å². The third-order valence-corrected chi connectivity index (χ3v) is 6.14. The first-order valence-corrected chi connectivity index (χ1v) is 10.9. The largest absolute Gasteiger partial charge is 0.468 e. The Kier molecular flexibility index (Phi) is 8.46. The quantitative estimate of drug-likeness (QED) is 0.484. The molecule has 27 heavy (non-hydrogen) atoms. The van der Waals surface area contributed by atoms with Crippen LogP contribution in [0.1, 0.15) is 0 Å². The molecular formula is C18H26N3O4S2+. The molecule has 1 saturated heterocycles. The second-order valence-electron chi connectivity index (χ2n) is 6.28. The summed E-state index contributed by atoms with van der Waals surface area (Å²) in [5.74, 6) is 0.212. The van der Waals surface area contributed by atoms with Crippen molar-refractivity contribution in [3.05, 3.63) is 24.3 Å². The molecule has 1 unspecified atom stereocenters. The summed E-state index contributed by atoms with van der Waals surface area (Å²) in [6.07, 6.45) is 1.96. The van der Waals surface area contributed by atoms with Crippen molar-refractivity contribution in [3.8, 4) is 0 Å². The molecule has 2 rings (SSSR count). The molecule has 0 saturated carbocycles. The number of quaternary nitrogens is 1. The van der Waals surface area contributed by atoms with E-state index in [4.69, 9.17) is 4.74 Å². The van der Waals surface area contributed by atoms with E-state index in [0.717, 1.165) is 15.5 Å². The summed E-state index contributed by atoms with van der Waals surface area (Å²) in [4.78, 5) is 40.0. The predicted octanol–water partition coefficient (Wildman–Crippen LogP) is -0.0213. The molecule has 2 amide bonds. The van der Waals surface area contributed by atoms with Crippen molar-refractivity contribution >= 4 is 47.0 Å². The molecule has 1 aromatic rings. The summed E-state index contributed by atoms with van der Waals surface area (Å²) in [5.41, 5.74) is 0.781. The van der Waals surface area contributed by atoms with Crippen molar-refractivity contribution in [2.24, 2.45) is 0 Å². The molecule has 1 fully saturated rings. The molecule has 9 heteroatoms. The summed E-state index contributed by atoms with van der Waals surface area (Å²) in [6, 6.07) is 7.62. The average Bonchev–Trinajstić information content (AvgIpc) is 2.67. The first-order valence-electron chi connectivity index (χ1n) is 8.66. The second kappa shape index (κ2) is 10.6. The molecule has 1 aromatic carbocycles. The van der Waals surface area contributed by atoms with Crippen LogP contribution in [-0.4, -0.2) is 80.3 Å². The van der Waals surface area contributed by atoms with Crippen LogP contribution in [0, 0.1) is 0 Å². The van der Waals surface area contributed by atoms with Gasteiger partial charge in [0.1, 0.15) is 5.25 Å². The number of nitrogens with one attached hydrogen (secondary N) is 2. The summed E-state index contributed by atoms with van der Waals surface area (Å²) in [5, 5.41) is 2.57. The SMILES string of the molecule is COC(=O)[C@@H]1CN(C(=O)C[NH+](C)CC(=O)Nc2ccccc2SC)CCS1. The van der Waals surface area contributed by atoms with Crippen LogP contribution in [0.2, 0.25) is 0 Å². The lowest BCUT2D eigenvalue weighted by atomic mass is 10.3. The zero-order chi connectivity index (χ0) is 19.8. The Hall–Kier alpha value is -1.71. The first-order chi connectivity index (χ1) is 12.9. The van der Waals surface area contributed by atoms with Crippen LogP contribution in [0.5, 0.6) is 0 Å². The number of thioether (sulfide) groups is 2. The van der Waals surface area contributed by atoms with Gasteiger partial charge in [-0.15, -0.1) is 23.5 Å². The standard InChI is InChI=1S/C18H25N3O4S2/c1-20(11-16(22)19-13-6-4-5-7-14(13)26-3)12-17(23)21-8-9-27-15(10-21)18(24)25-2/h4-7,15H,8-12H2,1-3H3,(H,19,22)/p+1/t15-/m0/s1. The van der Waals surface area contributed by atoms with Crippen LogP contribution in [0.3, 0.4) is 0 Å². The number of ether oxygens (including phenoxy) is 1. The smallest absolute Gasteiger partial charge is 0.320 e. The number of hydrogen-bond donors (Lipinski definition) is 2. The van der Waals surface area contributed by atoms with Crippen LogP contribution < -0.4 is 10.2 Å². The number of para-hydroxylation sites is 1. The van der Waals surface area contributed by atoms with E-state index < -0.39 is 0 Å². The number of carbonyl (C=O) groups is 3. The van der Waals surface area contributed by atoms with Gasteiger partial charge in [-0.3, -0.25) is 14.4 Å². The maximum Gasteiger partial charge on any atom is 0.320 e. The molecule has 0 spiro atoms. The van der Waals surface area contributed by atoms with Crippen molar-refractivity contribution in [1.29, 1.82) is 0 Å². The molecule has 0 aliphatic carbocycles. The number of benzene rings is 1. The lowest BCUT2D eigenvalue weighted by Crippen LogP contribution is -3.11. The minimum Gasteiger partial charge on any atom is -0.468 e. The number of hydrogen-bond acceptors (Lipinski definition) is 6. The predicted molar refractivity (Wildman–Crippen MR) is 108 cm³/mol. The van der Waals surface area contributed by atoms with E-state index in [2.05, 4.69) is 5.32 Å². The number of amides is 2. The van der Waals surface area contributed by atoms with Crippen LogP contribution >= 0.6 is 23.5 Å². The summed E-state index contributed by atoms with van der Waals surface area (Å²) >= 11 is 3.08. The number of anilines is 1. The zero-order valence-electron chi connectivity index (χ0n) is 15.8. The van der Waals surface area contributed by atoms with Gasteiger partial charge in [0.15, 0.2) is 13.1 Å². The highest BCUT2D eigenvalue weighted by molar-refractivity contribution is 8.00. The zero-order valence-corrected chi connectivity index (χ0v) is 17.5. The third kappa shape index (κ3) is 6.44. The number of likely N-dealkylation sites (N-methyl/N-ethyl adjacent to an activating group) is 1. The molecular weight excluding hydrogens is 386 g/mol. The molecule has 0 aromatic heterocycles. The average molecular weight is 413 g/mol. The van der Waals surface area contributed by atoms with E-state index in [1.165, 1.54) is 18.9 Å². The molecule has 1 heterocycles. The molecule has 1 aliphatic rings. The minimum absolute atomic E-state index is 0.0565. The Bertz CT molecular complexity index is 686.